The monoisotopic (exact) mass is 473 g/mol. The molecule has 1 aromatic carbocycles. The molecule has 35 heavy (non-hydrogen) atoms. The summed E-state index contributed by atoms with van der Waals surface area (Å²) in [5.41, 5.74) is 3.50. The molecular formula is C24H23N7O4. The summed E-state index contributed by atoms with van der Waals surface area (Å²) >= 11 is 0. The maximum atomic E-state index is 13.0. The number of aromatic nitrogens is 2. The lowest BCUT2D eigenvalue weighted by atomic mass is 10.1. The largest absolute Gasteiger partial charge is 0.367 e. The van der Waals surface area contributed by atoms with Crippen LogP contribution >= 0.6 is 0 Å². The van der Waals surface area contributed by atoms with Crippen molar-refractivity contribution in [3.8, 4) is 0 Å². The fourth-order valence-corrected chi connectivity index (χ4v) is 4.95. The predicted octanol–water partition coefficient (Wildman–Crippen LogP) is 1.34. The highest BCUT2D eigenvalue weighted by atomic mass is 16.2. The third-order valence-corrected chi connectivity index (χ3v) is 6.75. The van der Waals surface area contributed by atoms with Crippen molar-refractivity contribution < 1.29 is 19.2 Å². The molecule has 3 aliphatic heterocycles. The Morgan fingerprint density at radius 3 is 2.51 bits per heavy atom. The number of H-pyrrole nitrogens is 1. The molecule has 178 valence electrons. The van der Waals surface area contributed by atoms with Crippen LogP contribution in [0.4, 0.5) is 10.5 Å². The van der Waals surface area contributed by atoms with Crippen LogP contribution in [0.25, 0.3) is 11.0 Å². The average Bonchev–Trinajstić information content (AvgIpc) is 3.39. The maximum Gasteiger partial charge on any atom is 0.343 e. The van der Waals surface area contributed by atoms with Gasteiger partial charge in [-0.2, -0.15) is 5.01 Å². The molecule has 0 aliphatic carbocycles. The van der Waals surface area contributed by atoms with E-state index >= 15 is 0 Å². The summed E-state index contributed by atoms with van der Waals surface area (Å²) in [5.74, 6) is -1.52. The van der Waals surface area contributed by atoms with E-state index in [0.29, 0.717) is 6.54 Å². The minimum absolute atomic E-state index is 0.0141. The first-order chi connectivity index (χ1) is 17.0. The van der Waals surface area contributed by atoms with Gasteiger partial charge in [-0.1, -0.05) is 6.07 Å². The van der Waals surface area contributed by atoms with Gasteiger partial charge in [0.05, 0.1) is 23.4 Å². The molecule has 3 aliphatic rings. The normalized spacial score (nSPS) is 19.0. The van der Waals surface area contributed by atoms with Crippen molar-refractivity contribution in [1.29, 1.82) is 0 Å². The molecule has 0 bridgehead atoms. The van der Waals surface area contributed by atoms with Gasteiger partial charge in [0.25, 0.3) is 11.8 Å². The Morgan fingerprint density at radius 2 is 1.71 bits per heavy atom. The Kier molecular flexibility index (Phi) is 4.99. The van der Waals surface area contributed by atoms with Crippen molar-refractivity contribution in [2.45, 2.75) is 13.0 Å². The highest BCUT2D eigenvalue weighted by molar-refractivity contribution is 6.22. The smallest absolute Gasteiger partial charge is 0.343 e. The number of hydrazine groups is 1. The number of nitrogens with one attached hydrogen (secondary N) is 2. The van der Waals surface area contributed by atoms with Crippen molar-refractivity contribution in [3.63, 3.8) is 0 Å². The standard InChI is InChI=1S/C24H23N7O4/c32-20-5-7-30(24(35)27-20)31-22(33)16-4-3-15(12-18(16)23(31)34)14-28-8-10-29(11-9-28)19-13-26-21-17(19)2-1-6-25-21/h1-4,6,12-13H,5,7-11,14H2,(H,25,26)(H,27,32,35). The average molecular weight is 473 g/mol. The first-order valence-corrected chi connectivity index (χ1v) is 11.5. The van der Waals surface area contributed by atoms with Gasteiger partial charge in [0.2, 0.25) is 5.91 Å². The Balaban J connectivity index is 1.13. The summed E-state index contributed by atoms with van der Waals surface area (Å²) in [6, 6.07) is 8.48. The van der Waals surface area contributed by atoms with Crippen LogP contribution in [0.3, 0.4) is 0 Å². The molecule has 5 amide bonds. The number of aromatic amines is 1. The van der Waals surface area contributed by atoms with E-state index in [1.807, 2.05) is 18.3 Å². The Hall–Kier alpha value is -4.25. The number of benzene rings is 1. The van der Waals surface area contributed by atoms with Gasteiger partial charge in [0.15, 0.2) is 0 Å². The highest BCUT2D eigenvalue weighted by Crippen LogP contribution is 2.28. The maximum absolute atomic E-state index is 13.0. The molecule has 6 rings (SSSR count). The third-order valence-electron chi connectivity index (χ3n) is 6.75. The van der Waals surface area contributed by atoms with Crippen LogP contribution < -0.4 is 10.2 Å². The van der Waals surface area contributed by atoms with Gasteiger partial charge in [-0.3, -0.25) is 24.6 Å². The summed E-state index contributed by atoms with van der Waals surface area (Å²) < 4.78 is 0. The van der Waals surface area contributed by atoms with Gasteiger partial charge in [0, 0.05) is 56.9 Å². The summed E-state index contributed by atoms with van der Waals surface area (Å²) in [5, 5.41) is 5.10. The van der Waals surface area contributed by atoms with Crippen LogP contribution in [0.5, 0.6) is 0 Å². The Morgan fingerprint density at radius 1 is 0.914 bits per heavy atom. The zero-order valence-electron chi connectivity index (χ0n) is 18.9. The number of amides is 5. The topological polar surface area (TPSA) is 122 Å². The SMILES string of the molecule is O=C1CCN(N2C(=O)c3ccc(CN4CCN(c5c[nH]c6ncccc56)CC4)cc3C2=O)C(=O)N1. The molecule has 0 atom stereocenters. The van der Waals surface area contributed by atoms with Crippen LogP contribution in [0.15, 0.2) is 42.7 Å². The lowest BCUT2D eigenvalue weighted by Crippen LogP contribution is -2.58. The molecule has 0 radical (unpaired) electrons. The lowest BCUT2D eigenvalue weighted by Gasteiger charge is -2.35. The quantitative estimate of drug-likeness (QED) is 0.549. The summed E-state index contributed by atoms with van der Waals surface area (Å²) in [4.78, 5) is 61.7. The summed E-state index contributed by atoms with van der Waals surface area (Å²) in [6.45, 7) is 4.06. The van der Waals surface area contributed by atoms with Gasteiger partial charge in [-0.05, 0) is 29.8 Å². The van der Waals surface area contributed by atoms with Gasteiger partial charge in [-0.15, -0.1) is 0 Å². The molecule has 2 N–H and O–H groups in total. The summed E-state index contributed by atoms with van der Waals surface area (Å²) in [6.07, 6.45) is 3.81. The predicted molar refractivity (Wildman–Crippen MR) is 125 cm³/mol. The second-order valence-corrected chi connectivity index (χ2v) is 8.87. The van der Waals surface area contributed by atoms with Crippen LogP contribution in [0.1, 0.15) is 32.7 Å². The molecule has 2 saturated heterocycles. The third kappa shape index (κ3) is 3.60. The number of pyridine rings is 1. The van der Waals surface area contributed by atoms with Gasteiger partial charge in [-0.25, -0.2) is 14.8 Å². The minimum atomic E-state index is -0.764. The highest BCUT2D eigenvalue weighted by Gasteiger charge is 2.43. The molecule has 0 unspecified atom stereocenters. The number of hydrogen-bond donors (Lipinski definition) is 2. The van der Waals surface area contributed by atoms with Crippen molar-refractivity contribution in [3.05, 3.63) is 59.4 Å². The zero-order valence-corrected chi connectivity index (χ0v) is 18.9. The van der Waals surface area contributed by atoms with E-state index in [-0.39, 0.29) is 24.1 Å². The van der Waals surface area contributed by atoms with Crippen molar-refractivity contribution in [1.82, 2.24) is 30.2 Å². The molecule has 0 saturated carbocycles. The molecule has 11 heteroatoms. The number of imide groups is 2. The van der Waals surface area contributed by atoms with Crippen molar-refractivity contribution in [2.24, 2.45) is 0 Å². The first kappa shape index (κ1) is 21.3. The fraction of sp³-hybridized carbons (Fsp3) is 0.292. The van der Waals surface area contributed by atoms with E-state index in [0.717, 1.165) is 58.5 Å². The molecule has 2 fully saturated rings. The van der Waals surface area contributed by atoms with E-state index in [2.05, 4.69) is 31.2 Å². The number of hydrogen-bond acceptors (Lipinski definition) is 7. The second-order valence-electron chi connectivity index (χ2n) is 8.87. The van der Waals surface area contributed by atoms with Crippen LogP contribution in [-0.2, 0) is 11.3 Å². The Labute approximate surface area is 200 Å². The molecule has 2 aromatic heterocycles. The lowest BCUT2D eigenvalue weighted by molar-refractivity contribution is -0.122. The van der Waals surface area contributed by atoms with Crippen molar-refractivity contribution >= 4 is 40.5 Å². The number of anilines is 1. The molecule has 3 aromatic rings. The number of piperazine rings is 1. The van der Waals surface area contributed by atoms with E-state index in [9.17, 15) is 19.2 Å². The number of rotatable bonds is 4. The first-order valence-electron chi connectivity index (χ1n) is 11.5. The summed E-state index contributed by atoms with van der Waals surface area (Å²) in [7, 11) is 0. The van der Waals surface area contributed by atoms with Gasteiger partial charge >= 0.3 is 6.03 Å². The van der Waals surface area contributed by atoms with E-state index < -0.39 is 23.8 Å². The van der Waals surface area contributed by atoms with Crippen LogP contribution in [0, 0.1) is 0 Å². The number of carbonyl (C=O) groups excluding carboxylic acids is 4. The molecule has 0 spiro atoms. The van der Waals surface area contributed by atoms with E-state index in [1.165, 1.54) is 0 Å². The number of carbonyl (C=O) groups is 4. The fourth-order valence-electron chi connectivity index (χ4n) is 4.95. The Bertz CT molecular complexity index is 1380. The number of urea groups is 1. The van der Waals surface area contributed by atoms with E-state index in [4.69, 9.17) is 0 Å². The van der Waals surface area contributed by atoms with Gasteiger partial charge < -0.3 is 9.88 Å². The second kappa shape index (κ2) is 8.20. The molecule has 11 nitrogen and oxygen atoms in total. The van der Waals surface area contributed by atoms with E-state index in [1.54, 1.807) is 18.3 Å². The van der Waals surface area contributed by atoms with Gasteiger partial charge in [0.1, 0.15) is 5.65 Å². The van der Waals surface area contributed by atoms with Crippen LogP contribution in [0.2, 0.25) is 0 Å². The molecule has 5 heterocycles. The zero-order chi connectivity index (χ0) is 24.1. The van der Waals surface area contributed by atoms with Crippen LogP contribution in [-0.4, -0.2) is 81.4 Å². The number of fused-ring (bicyclic) bond motifs is 2. The van der Waals surface area contributed by atoms with Crippen molar-refractivity contribution in [2.75, 3.05) is 37.6 Å². The minimum Gasteiger partial charge on any atom is -0.367 e. The number of nitrogens with zero attached hydrogens (tertiary/aromatic N) is 5. The molecular weight excluding hydrogens is 450 g/mol.